The number of aryl methyl sites for hydroxylation is 2. The summed E-state index contributed by atoms with van der Waals surface area (Å²) in [6.45, 7) is 1.12. The number of H-pyrrole nitrogens is 1. The van der Waals surface area contributed by atoms with Gasteiger partial charge in [-0.3, -0.25) is 9.48 Å². The number of rotatable bonds is 8. The van der Waals surface area contributed by atoms with Crippen molar-refractivity contribution in [2.75, 3.05) is 13.7 Å². The van der Waals surface area contributed by atoms with Crippen LogP contribution in [0.4, 0.5) is 0 Å². The second-order valence-corrected chi connectivity index (χ2v) is 6.67. The van der Waals surface area contributed by atoms with Crippen LogP contribution in [0.3, 0.4) is 0 Å². The number of carbonyl (C=O) groups is 1. The Morgan fingerprint density at radius 2 is 2.03 bits per heavy atom. The molecule has 0 aliphatic carbocycles. The quantitative estimate of drug-likeness (QED) is 0.481. The smallest absolute Gasteiger partial charge is 0.273 e. The number of fused-ring (bicyclic) bond motifs is 1. The van der Waals surface area contributed by atoms with E-state index in [2.05, 4.69) is 37.7 Å². The summed E-state index contributed by atoms with van der Waals surface area (Å²) in [5, 5.41) is 10.9. The summed E-state index contributed by atoms with van der Waals surface area (Å²) >= 11 is 0. The second-order valence-electron chi connectivity index (χ2n) is 6.67. The lowest BCUT2D eigenvalue weighted by Crippen LogP contribution is -2.26. The zero-order valence-electron chi connectivity index (χ0n) is 16.1. The zero-order valence-corrected chi connectivity index (χ0v) is 16.1. The minimum atomic E-state index is -0.242. The number of nitrogens with zero attached hydrogens (tertiary/aromatic N) is 4. The lowest BCUT2D eigenvalue weighted by atomic mass is 10.1. The Balaban J connectivity index is 1.28. The lowest BCUT2D eigenvalue weighted by Gasteiger charge is -2.01. The number of carbonyl (C=O) groups excluding carboxylic acids is 1. The number of hydrogen-bond donors (Lipinski definition) is 2. The molecule has 2 heterocycles. The highest BCUT2D eigenvalue weighted by atomic mass is 16.5. The normalized spacial score (nSPS) is 10.9. The second kappa shape index (κ2) is 8.55. The van der Waals surface area contributed by atoms with Crippen molar-refractivity contribution in [3.63, 3.8) is 0 Å². The molecule has 4 rings (SSSR count). The van der Waals surface area contributed by atoms with Crippen LogP contribution >= 0.6 is 0 Å². The molecule has 0 aliphatic rings. The number of imidazole rings is 1. The predicted molar refractivity (Wildman–Crippen MR) is 109 cm³/mol. The molecule has 2 N–H and O–H groups in total. The summed E-state index contributed by atoms with van der Waals surface area (Å²) in [5.74, 6) is 1.34. The van der Waals surface area contributed by atoms with Gasteiger partial charge >= 0.3 is 0 Å². The molecule has 0 atom stereocenters. The van der Waals surface area contributed by atoms with E-state index in [0.717, 1.165) is 29.0 Å². The summed E-state index contributed by atoms with van der Waals surface area (Å²) < 4.78 is 6.91. The Morgan fingerprint density at radius 3 is 2.86 bits per heavy atom. The number of aromatic nitrogens is 5. The summed E-state index contributed by atoms with van der Waals surface area (Å²) in [4.78, 5) is 20.1. The van der Waals surface area contributed by atoms with E-state index >= 15 is 0 Å². The molecule has 8 nitrogen and oxygen atoms in total. The van der Waals surface area contributed by atoms with Gasteiger partial charge in [-0.05, 0) is 24.1 Å². The van der Waals surface area contributed by atoms with E-state index in [1.807, 2.05) is 36.4 Å². The molecular weight excluding hydrogens is 368 g/mol. The maximum atomic E-state index is 12.3. The number of ether oxygens (including phenoxy) is 1. The van der Waals surface area contributed by atoms with Crippen LogP contribution in [-0.2, 0) is 19.4 Å². The molecule has 0 spiro atoms. The Kier molecular flexibility index (Phi) is 5.51. The number of hydrogen-bond acceptors (Lipinski definition) is 5. The maximum Gasteiger partial charge on any atom is 0.273 e. The third-order valence-corrected chi connectivity index (χ3v) is 4.63. The van der Waals surface area contributed by atoms with Gasteiger partial charge in [0.25, 0.3) is 5.91 Å². The molecule has 0 bridgehead atoms. The van der Waals surface area contributed by atoms with Crippen LogP contribution in [0.2, 0.25) is 0 Å². The van der Waals surface area contributed by atoms with Crippen LogP contribution in [0, 0.1) is 0 Å². The van der Waals surface area contributed by atoms with Crippen molar-refractivity contribution in [1.29, 1.82) is 0 Å². The molecule has 0 radical (unpaired) electrons. The average Bonchev–Trinajstić information content (AvgIpc) is 3.39. The van der Waals surface area contributed by atoms with E-state index in [1.54, 1.807) is 18.0 Å². The molecule has 1 amide bonds. The number of benzene rings is 2. The number of aromatic amines is 1. The third kappa shape index (κ3) is 4.60. The van der Waals surface area contributed by atoms with E-state index in [0.29, 0.717) is 25.2 Å². The first kappa shape index (κ1) is 18.7. The van der Waals surface area contributed by atoms with Crippen molar-refractivity contribution < 1.29 is 9.53 Å². The standard InChI is InChI=1S/C21H22N6O2/c1-29-16-7-8-17-18(13-16)24-20(23-17)9-11-22-21(28)19-14-27(26-25-19)12-10-15-5-3-2-4-6-15/h2-8,13-14H,9-12H2,1H3,(H,22,28)(H,23,24). The van der Waals surface area contributed by atoms with Crippen molar-refractivity contribution in [2.24, 2.45) is 0 Å². The minimum Gasteiger partial charge on any atom is -0.497 e. The van der Waals surface area contributed by atoms with Crippen molar-refractivity contribution >= 4 is 16.9 Å². The SMILES string of the molecule is COc1ccc2nc(CCNC(=O)c3cn(CCc4ccccc4)nn3)[nH]c2c1. The van der Waals surface area contributed by atoms with Crippen molar-refractivity contribution in [1.82, 2.24) is 30.3 Å². The van der Waals surface area contributed by atoms with E-state index < -0.39 is 0 Å². The first-order valence-electron chi connectivity index (χ1n) is 9.46. The Morgan fingerprint density at radius 1 is 1.17 bits per heavy atom. The number of nitrogens with one attached hydrogen (secondary N) is 2. The first-order valence-corrected chi connectivity index (χ1v) is 9.46. The summed E-state index contributed by atoms with van der Waals surface area (Å²) in [6, 6.07) is 15.8. The molecule has 2 aromatic carbocycles. The molecular formula is C21H22N6O2. The highest BCUT2D eigenvalue weighted by molar-refractivity contribution is 5.91. The maximum absolute atomic E-state index is 12.3. The van der Waals surface area contributed by atoms with Crippen LogP contribution in [0.5, 0.6) is 5.75 Å². The number of amides is 1. The molecule has 8 heteroatoms. The molecule has 0 saturated carbocycles. The van der Waals surface area contributed by atoms with Gasteiger partial charge in [0, 0.05) is 25.6 Å². The largest absolute Gasteiger partial charge is 0.497 e. The zero-order chi connectivity index (χ0) is 20.1. The fraction of sp³-hybridized carbons (Fsp3) is 0.238. The lowest BCUT2D eigenvalue weighted by molar-refractivity contribution is 0.0949. The highest BCUT2D eigenvalue weighted by Crippen LogP contribution is 2.18. The molecule has 0 unspecified atom stereocenters. The Hall–Kier alpha value is -3.68. The van der Waals surface area contributed by atoms with Gasteiger partial charge in [-0.1, -0.05) is 35.5 Å². The van der Waals surface area contributed by atoms with Gasteiger partial charge < -0.3 is 15.0 Å². The van der Waals surface area contributed by atoms with Gasteiger partial charge in [0.15, 0.2) is 5.69 Å². The highest BCUT2D eigenvalue weighted by Gasteiger charge is 2.11. The van der Waals surface area contributed by atoms with Crippen LogP contribution < -0.4 is 10.1 Å². The van der Waals surface area contributed by atoms with Crippen molar-refractivity contribution in [3.05, 3.63) is 71.8 Å². The van der Waals surface area contributed by atoms with E-state index in [9.17, 15) is 4.79 Å². The van der Waals surface area contributed by atoms with Crippen LogP contribution in [0.1, 0.15) is 21.9 Å². The van der Waals surface area contributed by atoms with Gasteiger partial charge in [0.1, 0.15) is 11.6 Å². The van der Waals surface area contributed by atoms with Crippen LogP contribution in [0.25, 0.3) is 11.0 Å². The first-order chi connectivity index (χ1) is 14.2. The summed E-state index contributed by atoms with van der Waals surface area (Å²) in [5.41, 5.74) is 3.31. The summed E-state index contributed by atoms with van der Waals surface area (Å²) in [7, 11) is 1.63. The van der Waals surface area contributed by atoms with Gasteiger partial charge in [-0.15, -0.1) is 5.10 Å². The van der Waals surface area contributed by atoms with Gasteiger partial charge in [0.2, 0.25) is 0 Å². The topological polar surface area (TPSA) is 97.7 Å². The Bertz CT molecular complexity index is 1100. The monoisotopic (exact) mass is 390 g/mol. The minimum absolute atomic E-state index is 0.242. The fourth-order valence-corrected chi connectivity index (χ4v) is 3.07. The molecule has 4 aromatic rings. The van der Waals surface area contributed by atoms with E-state index in [1.165, 1.54) is 5.56 Å². The van der Waals surface area contributed by atoms with Gasteiger partial charge in [-0.25, -0.2) is 4.98 Å². The van der Waals surface area contributed by atoms with Crippen LogP contribution in [-0.4, -0.2) is 44.5 Å². The molecule has 0 saturated heterocycles. The fourth-order valence-electron chi connectivity index (χ4n) is 3.07. The molecule has 29 heavy (non-hydrogen) atoms. The molecule has 148 valence electrons. The third-order valence-electron chi connectivity index (χ3n) is 4.63. The molecule has 0 fully saturated rings. The summed E-state index contributed by atoms with van der Waals surface area (Å²) in [6.07, 6.45) is 3.10. The average molecular weight is 390 g/mol. The van der Waals surface area contributed by atoms with E-state index in [-0.39, 0.29) is 5.91 Å². The van der Waals surface area contributed by atoms with Gasteiger partial charge in [0.05, 0.1) is 24.3 Å². The van der Waals surface area contributed by atoms with E-state index in [4.69, 9.17) is 4.74 Å². The van der Waals surface area contributed by atoms with Gasteiger partial charge in [-0.2, -0.15) is 0 Å². The van der Waals surface area contributed by atoms with Crippen molar-refractivity contribution in [3.8, 4) is 5.75 Å². The van der Waals surface area contributed by atoms with Crippen molar-refractivity contribution in [2.45, 2.75) is 19.4 Å². The van der Waals surface area contributed by atoms with Crippen LogP contribution in [0.15, 0.2) is 54.7 Å². The number of methoxy groups -OCH3 is 1. The Labute approximate surface area is 167 Å². The molecule has 0 aliphatic heterocycles. The molecule has 2 aromatic heterocycles. The predicted octanol–water partition coefficient (Wildman–Crippen LogP) is 2.38.